The van der Waals surface area contributed by atoms with Gasteiger partial charge in [0.15, 0.2) is 4.34 Å². The normalized spacial score (nSPS) is 10.4. The number of carbonyl (C=O) groups excluding carboxylic acids is 1. The number of carbonyl (C=O) groups is 1. The van der Waals surface area contributed by atoms with Crippen LogP contribution in [0.2, 0.25) is 0 Å². The summed E-state index contributed by atoms with van der Waals surface area (Å²) in [6, 6.07) is 1.56. The maximum absolute atomic E-state index is 11.4. The van der Waals surface area contributed by atoms with Crippen LogP contribution in [0.4, 0.5) is 5.13 Å². The standard InChI is InChI=1S/C8H9N5O2S2/c9-7-12-13-8(17-7)16-3-5-4(1-2-15-5)6(14)11-10/h1-2H,3,10H2,(H2,9,12)(H,11,14). The molecule has 0 aliphatic rings. The molecular weight excluding hydrogens is 262 g/mol. The maximum Gasteiger partial charge on any atom is 0.268 e. The molecule has 17 heavy (non-hydrogen) atoms. The van der Waals surface area contributed by atoms with Gasteiger partial charge in [-0.15, -0.1) is 10.2 Å². The molecule has 2 heterocycles. The molecule has 0 saturated heterocycles. The molecule has 0 saturated carbocycles. The van der Waals surface area contributed by atoms with Crippen molar-refractivity contribution in [2.24, 2.45) is 5.84 Å². The first-order valence-electron chi connectivity index (χ1n) is 4.50. The number of nitrogens with one attached hydrogen (secondary N) is 1. The summed E-state index contributed by atoms with van der Waals surface area (Å²) in [6.45, 7) is 0. The van der Waals surface area contributed by atoms with Crippen LogP contribution in [0.25, 0.3) is 0 Å². The van der Waals surface area contributed by atoms with E-state index < -0.39 is 0 Å². The Morgan fingerprint density at radius 2 is 2.41 bits per heavy atom. The summed E-state index contributed by atoms with van der Waals surface area (Å²) in [5, 5.41) is 7.94. The summed E-state index contributed by atoms with van der Waals surface area (Å²) in [7, 11) is 0. The summed E-state index contributed by atoms with van der Waals surface area (Å²) in [6.07, 6.45) is 1.44. The summed E-state index contributed by atoms with van der Waals surface area (Å²) in [4.78, 5) is 11.4. The van der Waals surface area contributed by atoms with Gasteiger partial charge in [-0.05, 0) is 6.07 Å². The number of hydrogen-bond donors (Lipinski definition) is 3. The van der Waals surface area contributed by atoms with Crippen molar-refractivity contribution >= 4 is 34.1 Å². The van der Waals surface area contributed by atoms with Crippen LogP contribution in [-0.4, -0.2) is 16.1 Å². The number of nitrogen functional groups attached to an aromatic ring is 2. The summed E-state index contributed by atoms with van der Waals surface area (Å²) >= 11 is 2.67. The lowest BCUT2D eigenvalue weighted by Gasteiger charge is -1.99. The average Bonchev–Trinajstić information content (AvgIpc) is 2.94. The van der Waals surface area contributed by atoms with Crippen LogP contribution in [0.3, 0.4) is 0 Å². The molecule has 2 rings (SSSR count). The van der Waals surface area contributed by atoms with Crippen LogP contribution in [0.1, 0.15) is 16.1 Å². The van der Waals surface area contributed by atoms with Crippen LogP contribution < -0.4 is 17.0 Å². The molecule has 0 atom stereocenters. The van der Waals surface area contributed by atoms with Gasteiger partial charge in [-0.3, -0.25) is 10.2 Å². The molecule has 0 fully saturated rings. The van der Waals surface area contributed by atoms with E-state index in [1.165, 1.54) is 29.4 Å². The molecular formula is C8H9N5O2S2. The molecule has 0 unspecified atom stereocenters. The third-order valence-corrected chi connectivity index (χ3v) is 3.76. The number of rotatable bonds is 4. The van der Waals surface area contributed by atoms with E-state index >= 15 is 0 Å². The van der Waals surface area contributed by atoms with E-state index in [1.807, 2.05) is 0 Å². The quantitative estimate of drug-likeness (QED) is 0.322. The number of anilines is 1. The largest absolute Gasteiger partial charge is 0.468 e. The molecule has 90 valence electrons. The van der Waals surface area contributed by atoms with Gasteiger partial charge in [0.2, 0.25) is 5.13 Å². The first-order valence-corrected chi connectivity index (χ1v) is 6.30. The van der Waals surface area contributed by atoms with Gasteiger partial charge in [0.05, 0.1) is 17.6 Å². The number of aromatic nitrogens is 2. The molecule has 0 spiro atoms. The smallest absolute Gasteiger partial charge is 0.268 e. The predicted molar refractivity (Wildman–Crippen MR) is 64.2 cm³/mol. The van der Waals surface area contributed by atoms with Gasteiger partial charge in [-0.1, -0.05) is 23.1 Å². The van der Waals surface area contributed by atoms with Gasteiger partial charge in [0, 0.05) is 0 Å². The molecule has 0 aliphatic heterocycles. The Kier molecular flexibility index (Phi) is 3.61. The van der Waals surface area contributed by atoms with E-state index in [2.05, 4.69) is 15.6 Å². The molecule has 2 aromatic heterocycles. The minimum atomic E-state index is -0.383. The van der Waals surface area contributed by atoms with Crippen molar-refractivity contribution < 1.29 is 9.21 Å². The van der Waals surface area contributed by atoms with Crippen LogP contribution >= 0.6 is 23.1 Å². The molecule has 9 heteroatoms. The van der Waals surface area contributed by atoms with Crippen molar-refractivity contribution in [3.8, 4) is 0 Å². The summed E-state index contributed by atoms with van der Waals surface area (Å²) in [5.41, 5.74) is 7.93. The lowest BCUT2D eigenvalue weighted by atomic mass is 10.2. The molecule has 0 radical (unpaired) electrons. The molecule has 0 bridgehead atoms. The first-order chi connectivity index (χ1) is 8.20. The van der Waals surface area contributed by atoms with Crippen molar-refractivity contribution in [3.63, 3.8) is 0 Å². The van der Waals surface area contributed by atoms with Crippen LogP contribution in [0, 0.1) is 0 Å². The minimum absolute atomic E-state index is 0.383. The van der Waals surface area contributed by atoms with E-state index in [1.54, 1.807) is 6.07 Å². The maximum atomic E-state index is 11.4. The number of thioether (sulfide) groups is 1. The monoisotopic (exact) mass is 271 g/mol. The summed E-state index contributed by atoms with van der Waals surface area (Å²) in [5.74, 6) is 5.67. The van der Waals surface area contributed by atoms with Gasteiger partial charge in [-0.25, -0.2) is 5.84 Å². The summed E-state index contributed by atoms with van der Waals surface area (Å²) < 4.78 is 5.92. The highest BCUT2D eigenvalue weighted by Gasteiger charge is 2.14. The Labute approximate surface area is 105 Å². The molecule has 2 aromatic rings. The fourth-order valence-corrected chi connectivity index (χ4v) is 2.73. The third-order valence-electron chi connectivity index (χ3n) is 1.87. The number of hydrogen-bond acceptors (Lipinski definition) is 8. The fraction of sp³-hybridized carbons (Fsp3) is 0.125. The fourth-order valence-electron chi connectivity index (χ4n) is 1.14. The SMILES string of the molecule is NNC(=O)c1ccoc1CSc1nnc(N)s1. The second-order valence-corrected chi connectivity index (χ2v) is 5.16. The van der Waals surface area contributed by atoms with Gasteiger partial charge >= 0.3 is 0 Å². The van der Waals surface area contributed by atoms with E-state index in [-0.39, 0.29) is 5.91 Å². The van der Waals surface area contributed by atoms with E-state index in [4.69, 9.17) is 16.0 Å². The Balaban J connectivity index is 2.04. The predicted octanol–water partition coefficient (Wildman–Crippen LogP) is 0.609. The zero-order valence-electron chi connectivity index (χ0n) is 8.54. The highest BCUT2D eigenvalue weighted by atomic mass is 32.2. The average molecular weight is 271 g/mol. The Bertz CT molecular complexity index is 523. The van der Waals surface area contributed by atoms with Gasteiger partial charge in [0.25, 0.3) is 5.91 Å². The van der Waals surface area contributed by atoms with Crippen molar-refractivity contribution in [3.05, 3.63) is 23.7 Å². The topological polar surface area (TPSA) is 120 Å². The van der Waals surface area contributed by atoms with Crippen LogP contribution in [-0.2, 0) is 5.75 Å². The minimum Gasteiger partial charge on any atom is -0.468 e. The van der Waals surface area contributed by atoms with E-state index in [0.717, 1.165) is 4.34 Å². The highest BCUT2D eigenvalue weighted by Crippen LogP contribution is 2.28. The van der Waals surface area contributed by atoms with Crippen molar-refractivity contribution in [2.45, 2.75) is 10.1 Å². The number of hydrazine groups is 1. The Morgan fingerprint density at radius 3 is 3.06 bits per heavy atom. The van der Waals surface area contributed by atoms with Gasteiger partial charge in [0.1, 0.15) is 5.76 Å². The Hall–Kier alpha value is -1.58. The number of amides is 1. The van der Waals surface area contributed by atoms with E-state index in [9.17, 15) is 4.79 Å². The lowest BCUT2D eigenvalue weighted by Crippen LogP contribution is -2.30. The zero-order valence-corrected chi connectivity index (χ0v) is 10.2. The lowest BCUT2D eigenvalue weighted by molar-refractivity contribution is 0.0952. The number of nitrogens with two attached hydrogens (primary N) is 2. The second kappa shape index (κ2) is 5.17. The second-order valence-electron chi connectivity index (χ2n) is 2.93. The van der Waals surface area contributed by atoms with Crippen molar-refractivity contribution in [1.82, 2.24) is 15.6 Å². The molecule has 0 aromatic carbocycles. The van der Waals surface area contributed by atoms with Crippen LogP contribution in [0.5, 0.6) is 0 Å². The van der Waals surface area contributed by atoms with Crippen LogP contribution in [0.15, 0.2) is 21.1 Å². The van der Waals surface area contributed by atoms with Crippen molar-refractivity contribution in [1.29, 1.82) is 0 Å². The molecule has 7 nitrogen and oxygen atoms in total. The van der Waals surface area contributed by atoms with E-state index in [0.29, 0.717) is 22.2 Å². The van der Waals surface area contributed by atoms with Gasteiger partial charge in [-0.2, -0.15) is 0 Å². The molecule has 0 aliphatic carbocycles. The highest BCUT2D eigenvalue weighted by molar-refractivity contribution is 8.00. The van der Waals surface area contributed by atoms with Gasteiger partial charge < -0.3 is 10.2 Å². The van der Waals surface area contributed by atoms with Crippen molar-refractivity contribution in [2.75, 3.05) is 5.73 Å². The Morgan fingerprint density at radius 1 is 1.59 bits per heavy atom. The molecule has 5 N–H and O–H groups in total. The zero-order chi connectivity index (χ0) is 12.3. The number of furan rings is 1. The first kappa shape index (κ1) is 11.9. The number of nitrogens with zero attached hydrogens (tertiary/aromatic N) is 2. The molecule has 1 amide bonds. The third kappa shape index (κ3) is 2.75.